The molecule has 0 fully saturated rings. The molecule has 6 nitrogen and oxygen atoms in total. The van der Waals surface area contributed by atoms with Gasteiger partial charge in [0.05, 0.1) is 10.3 Å². The fourth-order valence-corrected chi connectivity index (χ4v) is 1.94. The first kappa shape index (κ1) is 14.2. The van der Waals surface area contributed by atoms with Gasteiger partial charge in [-0.3, -0.25) is 15.1 Å². The number of hydrogen-bond acceptors (Lipinski definition) is 5. The molecule has 0 saturated carbocycles. The van der Waals surface area contributed by atoms with Crippen molar-refractivity contribution in [2.45, 2.75) is 19.9 Å². The van der Waals surface area contributed by atoms with Crippen molar-refractivity contribution in [3.63, 3.8) is 0 Å². The van der Waals surface area contributed by atoms with Crippen molar-refractivity contribution in [3.8, 4) is 5.75 Å². The van der Waals surface area contributed by atoms with Gasteiger partial charge in [-0.2, -0.15) is 0 Å². The first-order chi connectivity index (χ1) is 9.59. The fraction of sp³-hybridized carbons (Fsp3) is 0.357. The number of pyridine rings is 1. The second-order valence-corrected chi connectivity index (χ2v) is 4.72. The summed E-state index contributed by atoms with van der Waals surface area (Å²) in [5.74, 6) is 0.638. The van der Waals surface area contributed by atoms with Crippen LogP contribution < -0.4 is 10.1 Å². The number of hydrogen-bond donors (Lipinski definition) is 1. The van der Waals surface area contributed by atoms with E-state index in [-0.39, 0.29) is 5.69 Å². The molecular weight excluding hydrogens is 258 g/mol. The Labute approximate surface area is 116 Å². The molecule has 6 heteroatoms. The van der Waals surface area contributed by atoms with Crippen molar-refractivity contribution in [1.29, 1.82) is 0 Å². The van der Waals surface area contributed by atoms with Crippen LogP contribution in [0.1, 0.15) is 13.8 Å². The van der Waals surface area contributed by atoms with Crippen molar-refractivity contribution in [2.24, 2.45) is 0 Å². The third-order valence-electron chi connectivity index (χ3n) is 2.86. The summed E-state index contributed by atoms with van der Waals surface area (Å²) in [5, 5.41) is 15.4. The van der Waals surface area contributed by atoms with Crippen LogP contribution in [-0.2, 0) is 0 Å². The molecule has 1 aromatic heterocycles. The summed E-state index contributed by atoms with van der Waals surface area (Å²) in [6.07, 6.45) is 3.10. The predicted molar refractivity (Wildman–Crippen MR) is 77.0 cm³/mol. The van der Waals surface area contributed by atoms with Crippen molar-refractivity contribution in [1.82, 2.24) is 10.3 Å². The standard InChI is InChI=1S/C14H17N3O3/c1-10(2)16-7-8-20-14-4-3-13(17(18)19)12-9-15-6-5-11(12)14/h3-6,9-10,16H,7-8H2,1-2H3. The SMILES string of the molecule is CC(C)NCCOc1ccc([N+](=O)[O-])c2cnccc12. The smallest absolute Gasteiger partial charge is 0.279 e. The summed E-state index contributed by atoms with van der Waals surface area (Å²) in [7, 11) is 0. The Bertz CT molecular complexity index is 614. The number of nitrogens with zero attached hydrogens (tertiary/aromatic N) is 2. The third kappa shape index (κ3) is 3.21. The molecule has 1 N–H and O–H groups in total. The van der Waals surface area contributed by atoms with Gasteiger partial charge in [-0.05, 0) is 12.1 Å². The minimum Gasteiger partial charge on any atom is -0.492 e. The highest BCUT2D eigenvalue weighted by Gasteiger charge is 2.14. The van der Waals surface area contributed by atoms with Crippen molar-refractivity contribution in [2.75, 3.05) is 13.2 Å². The maximum atomic E-state index is 11.0. The van der Waals surface area contributed by atoms with Crippen LogP contribution >= 0.6 is 0 Å². The molecule has 106 valence electrons. The number of fused-ring (bicyclic) bond motifs is 1. The summed E-state index contributed by atoms with van der Waals surface area (Å²) in [6.45, 7) is 5.36. The first-order valence-electron chi connectivity index (χ1n) is 6.47. The summed E-state index contributed by atoms with van der Waals surface area (Å²) in [6, 6.07) is 5.22. The fourth-order valence-electron chi connectivity index (χ4n) is 1.94. The summed E-state index contributed by atoms with van der Waals surface area (Å²) < 4.78 is 5.69. The molecule has 1 heterocycles. The summed E-state index contributed by atoms with van der Waals surface area (Å²) in [5.41, 5.74) is 0.0424. The van der Waals surface area contributed by atoms with Crippen LogP contribution in [0, 0.1) is 10.1 Å². The van der Waals surface area contributed by atoms with Gasteiger partial charge in [-0.1, -0.05) is 13.8 Å². The molecule has 0 aliphatic carbocycles. The van der Waals surface area contributed by atoms with Crippen molar-refractivity contribution in [3.05, 3.63) is 40.7 Å². The van der Waals surface area contributed by atoms with Crippen LogP contribution in [0.25, 0.3) is 10.8 Å². The van der Waals surface area contributed by atoms with Gasteiger partial charge < -0.3 is 10.1 Å². The van der Waals surface area contributed by atoms with E-state index in [4.69, 9.17) is 4.74 Å². The van der Waals surface area contributed by atoms with Crippen LogP contribution in [0.2, 0.25) is 0 Å². The Kier molecular flexibility index (Phi) is 4.47. The molecule has 0 spiro atoms. The number of nitro benzene ring substituents is 1. The number of benzene rings is 1. The molecule has 0 aliphatic heterocycles. The number of ether oxygens (including phenoxy) is 1. The molecule has 0 aliphatic rings. The van der Waals surface area contributed by atoms with Crippen molar-refractivity contribution < 1.29 is 9.66 Å². The molecule has 2 rings (SSSR count). The van der Waals surface area contributed by atoms with Gasteiger partial charge in [-0.15, -0.1) is 0 Å². The summed E-state index contributed by atoms with van der Waals surface area (Å²) >= 11 is 0. The number of non-ortho nitro benzene ring substituents is 1. The molecule has 0 bridgehead atoms. The molecule has 0 saturated heterocycles. The van der Waals surface area contributed by atoms with Gasteiger partial charge in [0, 0.05) is 36.4 Å². The Balaban J connectivity index is 2.22. The number of aromatic nitrogens is 1. The lowest BCUT2D eigenvalue weighted by Gasteiger charge is -2.11. The monoisotopic (exact) mass is 275 g/mol. The van der Waals surface area contributed by atoms with Crippen LogP contribution in [0.4, 0.5) is 5.69 Å². The molecule has 0 amide bonds. The maximum Gasteiger partial charge on any atom is 0.279 e. The highest BCUT2D eigenvalue weighted by atomic mass is 16.6. The molecule has 0 radical (unpaired) electrons. The second kappa shape index (κ2) is 6.29. The van der Waals surface area contributed by atoms with Gasteiger partial charge in [-0.25, -0.2) is 0 Å². The number of nitrogens with one attached hydrogen (secondary N) is 1. The van der Waals surface area contributed by atoms with E-state index in [2.05, 4.69) is 24.1 Å². The van der Waals surface area contributed by atoms with E-state index in [1.54, 1.807) is 18.3 Å². The van der Waals surface area contributed by atoms with E-state index in [0.717, 1.165) is 6.54 Å². The normalized spacial score (nSPS) is 10.9. The first-order valence-corrected chi connectivity index (χ1v) is 6.47. The highest BCUT2D eigenvalue weighted by molar-refractivity contribution is 5.94. The molecule has 1 aromatic carbocycles. The van der Waals surface area contributed by atoms with E-state index in [1.165, 1.54) is 12.3 Å². The van der Waals surface area contributed by atoms with E-state index in [0.29, 0.717) is 29.2 Å². The van der Waals surface area contributed by atoms with E-state index >= 15 is 0 Å². The zero-order chi connectivity index (χ0) is 14.5. The Hall–Kier alpha value is -2.21. The maximum absolute atomic E-state index is 11.0. The molecule has 0 atom stereocenters. The average Bonchev–Trinajstić information content (AvgIpc) is 2.43. The Morgan fingerprint density at radius 1 is 1.35 bits per heavy atom. The van der Waals surface area contributed by atoms with E-state index < -0.39 is 4.92 Å². The van der Waals surface area contributed by atoms with Gasteiger partial charge in [0.2, 0.25) is 0 Å². The number of rotatable bonds is 6. The van der Waals surface area contributed by atoms with Crippen LogP contribution in [0.15, 0.2) is 30.6 Å². The minimum atomic E-state index is -0.409. The lowest BCUT2D eigenvalue weighted by atomic mass is 10.1. The largest absolute Gasteiger partial charge is 0.492 e. The second-order valence-electron chi connectivity index (χ2n) is 4.72. The predicted octanol–water partition coefficient (Wildman–Crippen LogP) is 2.52. The zero-order valence-electron chi connectivity index (χ0n) is 11.5. The zero-order valence-corrected chi connectivity index (χ0v) is 11.5. The van der Waals surface area contributed by atoms with Gasteiger partial charge in [0.1, 0.15) is 12.4 Å². The Morgan fingerprint density at radius 3 is 2.85 bits per heavy atom. The van der Waals surface area contributed by atoms with E-state index in [9.17, 15) is 10.1 Å². The molecule has 0 unspecified atom stereocenters. The van der Waals surface area contributed by atoms with Gasteiger partial charge in [0.15, 0.2) is 0 Å². The Morgan fingerprint density at radius 2 is 2.15 bits per heavy atom. The van der Waals surface area contributed by atoms with E-state index in [1.807, 2.05) is 0 Å². The van der Waals surface area contributed by atoms with Crippen LogP contribution in [0.5, 0.6) is 5.75 Å². The topological polar surface area (TPSA) is 77.3 Å². The lowest BCUT2D eigenvalue weighted by molar-refractivity contribution is -0.383. The van der Waals surface area contributed by atoms with Gasteiger partial charge >= 0.3 is 0 Å². The number of nitro groups is 1. The van der Waals surface area contributed by atoms with Crippen LogP contribution in [-0.4, -0.2) is 29.1 Å². The summed E-state index contributed by atoms with van der Waals surface area (Å²) in [4.78, 5) is 14.5. The quantitative estimate of drug-likeness (QED) is 0.498. The third-order valence-corrected chi connectivity index (χ3v) is 2.86. The molecule has 20 heavy (non-hydrogen) atoms. The molecular formula is C14H17N3O3. The lowest BCUT2D eigenvalue weighted by Crippen LogP contribution is -2.27. The van der Waals surface area contributed by atoms with Gasteiger partial charge in [0.25, 0.3) is 5.69 Å². The van der Waals surface area contributed by atoms with Crippen LogP contribution in [0.3, 0.4) is 0 Å². The average molecular weight is 275 g/mol. The van der Waals surface area contributed by atoms with Crippen molar-refractivity contribution >= 4 is 16.5 Å². The molecule has 2 aromatic rings. The highest BCUT2D eigenvalue weighted by Crippen LogP contribution is 2.31. The minimum absolute atomic E-state index is 0.0424.